The minimum atomic E-state index is 0.400. The van der Waals surface area contributed by atoms with Crippen molar-refractivity contribution >= 4 is 5.96 Å². The van der Waals surface area contributed by atoms with E-state index in [1.807, 2.05) is 13.1 Å². The second kappa shape index (κ2) is 11.9. The van der Waals surface area contributed by atoms with Crippen LogP contribution in [0.4, 0.5) is 0 Å². The zero-order chi connectivity index (χ0) is 21.2. The Bertz CT molecular complexity index is 626. The van der Waals surface area contributed by atoms with E-state index in [-0.39, 0.29) is 0 Å². The Kier molecular flexibility index (Phi) is 9.54. The van der Waals surface area contributed by atoms with E-state index in [1.165, 1.54) is 5.56 Å². The molecule has 0 spiro atoms. The molecule has 0 aromatic heterocycles. The van der Waals surface area contributed by atoms with E-state index in [4.69, 9.17) is 9.47 Å². The molecular formula is C22H39N5O2. The van der Waals surface area contributed by atoms with Crippen LogP contribution in [-0.2, 0) is 6.54 Å². The maximum atomic E-state index is 5.39. The van der Waals surface area contributed by atoms with E-state index >= 15 is 0 Å². The summed E-state index contributed by atoms with van der Waals surface area (Å²) in [6, 6.07) is 6.95. The predicted molar refractivity (Wildman–Crippen MR) is 120 cm³/mol. The van der Waals surface area contributed by atoms with Crippen LogP contribution in [0.2, 0.25) is 0 Å². The summed E-state index contributed by atoms with van der Waals surface area (Å²) < 4.78 is 10.8. The third-order valence-electron chi connectivity index (χ3n) is 5.65. The van der Waals surface area contributed by atoms with Gasteiger partial charge in [0.1, 0.15) is 11.5 Å². The molecule has 0 bridgehead atoms. The first-order valence-electron chi connectivity index (χ1n) is 10.7. The summed E-state index contributed by atoms with van der Waals surface area (Å²) >= 11 is 0. The standard InChI is InChI=1S/C22H39N5O2/c1-7-27(8-2)17(3)14-24-22(23-4)25-19-9-10-26(16-19)15-18-11-20(28-5)13-21(12-18)29-6/h11-13,17,19H,7-10,14-16H2,1-6H3,(H2,23,24,25). The normalized spacial score (nSPS) is 18.7. The quantitative estimate of drug-likeness (QED) is 0.460. The molecule has 1 aromatic carbocycles. The third-order valence-corrected chi connectivity index (χ3v) is 5.65. The van der Waals surface area contributed by atoms with Gasteiger partial charge in [0.15, 0.2) is 5.96 Å². The Hall–Kier alpha value is -1.99. The van der Waals surface area contributed by atoms with Crippen LogP contribution >= 0.6 is 0 Å². The minimum Gasteiger partial charge on any atom is -0.497 e. The Labute approximate surface area is 176 Å². The number of hydrogen-bond donors (Lipinski definition) is 2. The number of likely N-dealkylation sites (N-methyl/N-ethyl adjacent to an activating group) is 1. The van der Waals surface area contributed by atoms with E-state index < -0.39 is 0 Å². The van der Waals surface area contributed by atoms with Crippen molar-refractivity contribution in [2.45, 2.75) is 45.8 Å². The van der Waals surface area contributed by atoms with Gasteiger partial charge in [-0.05, 0) is 44.1 Å². The van der Waals surface area contributed by atoms with Crippen molar-refractivity contribution in [2.24, 2.45) is 4.99 Å². The largest absolute Gasteiger partial charge is 0.497 e. The summed E-state index contributed by atoms with van der Waals surface area (Å²) in [4.78, 5) is 9.31. The van der Waals surface area contributed by atoms with Gasteiger partial charge in [-0.3, -0.25) is 14.8 Å². The van der Waals surface area contributed by atoms with E-state index in [1.54, 1.807) is 14.2 Å². The molecule has 7 nitrogen and oxygen atoms in total. The molecule has 0 aliphatic carbocycles. The second-order valence-corrected chi connectivity index (χ2v) is 7.61. The Morgan fingerprint density at radius 1 is 1.21 bits per heavy atom. The van der Waals surface area contributed by atoms with Gasteiger partial charge in [0.05, 0.1) is 14.2 Å². The number of nitrogens with one attached hydrogen (secondary N) is 2. The zero-order valence-corrected chi connectivity index (χ0v) is 19.0. The van der Waals surface area contributed by atoms with Crippen LogP contribution in [0.5, 0.6) is 11.5 Å². The average molecular weight is 406 g/mol. The smallest absolute Gasteiger partial charge is 0.191 e. The zero-order valence-electron chi connectivity index (χ0n) is 19.0. The molecular weight excluding hydrogens is 366 g/mol. The van der Waals surface area contributed by atoms with Gasteiger partial charge in [-0.25, -0.2) is 0 Å². The third kappa shape index (κ3) is 7.08. The second-order valence-electron chi connectivity index (χ2n) is 7.61. The lowest BCUT2D eigenvalue weighted by Gasteiger charge is -2.27. The topological polar surface area (TPSA) is 61.4 Å². The number of aliphatic imine (C=N–C) groups is 1. The van der Waals surface area contributed by atoms with Crippen molar-refractivity contribution in [2.75, 3.05) is 54.0 Å². The number of likely N-dealkylation sites (tertiary alicyclic amines) is 1. The molecule has 1 aromatic rings. The van der Waals surface area contributed by atoms with Crippen LogP contribution in [0.1, 0.15) is 32.8 Å². The Balaban J connectivity index is 1.84. The van der Waals surface area contributed by atoms with Gasteiger partial charge in [0.25, 0.3) is 0 Å². The van der Waals surface area contributed by atoms with Gasteiger partial charge in [-0.2, -0.15) is 0 Å². The van der Waals surface area contributed by atoms with Crippen molar-refractivity contribution in [3.63, 3.8) is 0 Å². The van der Waals surface area contributed by atoms with E-state index in [2.05, 4.69) is 58.3 Å². The fourth-order valence-electron chi connectivity index (χ4n) is 3.92. The molecule has 2 atom stereocenters. The van der Waals surface area contributed by atoms with Gasteiger partial charge in [-0.15, -0.1) is 0 Å². The first-order chi connectivity index (χ1) is 14.0. The van der Waals surface area contributed by atoms with Gasteiger partial charge in [0.2, 0.25) is 0 Å². The number of guanidine groups is 1. The van der Waals surface area contributed by atoms with Gasteiger partial charge in [-0.1, -0.05) is 13.8 Å². The molecule has 1 aliphatic rings. The van der Waals surface area contributed by atoms with Crippen molar-refractivity contribution < 1.29 is 9.47 Å². The van der Waals surface area contributed by atoms with Crippen LogP contribution in [0.3, 0.4) is 0 Å². The van der Waals surface area contributed by atoms with Crippen LogP contribution in [0.15, 0.2) is 23.2 Å². The number of ether oxygens (including phenoxy) is 2. The lowest BCUT2D eigenvalue weighted by molar-refractivity contribution is 0.231. The maximum Gasteiger partial charge on any atom is 0.191 e. The fraction of sp³-hybridized carbons (Fsp3) is 0.682. The molecule has 164 valence electrons. The number of benzene rings is 1. The maximum absolute atomic E-state index is 5.39. The summed E-state index contributed by atoms with van der Waals surface area (Å²) in [5, 5.41) is 7.07. The highest BCUT2D eigenvalue weighted by molar-refractivity contribution is 5.80. The molecule has 1 aliphatic heterocycles. The van der Waals surface area contributed by atoms with Crippen LogP contribution in [-0.4, -0.2) is 81.8 Å². The lowest BCUT2D eigenvalue weighted by Crippen LogP contribution is -2.49. The van der Waals surface area contributed by atoms with Crippen LogP contribution in [0.25, 0.3) is 0 Å². The average Bonchev–Trinajstić information content (AvgIpc) is 3.18. The van der Waals surface area contributed by atoms with Crippen molar-refractivity contribution in [1.82, 2.24) is 20.4 Å². The van der Waals surface area contributed by atoms with Crippen LogP contribution in [0, 0.1) is 0 Å². The van der Waals surface area contributed by atoms with Gasteiger partial charge < -0.3 is 20.1 Å². The fourth-order valence-corrected chi connectivity index (χ4v) is 3.92. The number of rotatable bonds is 10. The predicted octanol–water partition coefficient (Wildman–Crippen LogP) is 2.17. The Morgan fingerprint density at radius 3 is 2.41 bits per heavy atom. The van der Waals surface area contributed by atoms with Gasteiger partial charge in [0, 0.05) is 51.4 Å². The molecule has 0 radical (unpaired) electrons. The summed E-state index contributed by atoms with van der Waals surface area (Å²) in [5.74, 6) is 2.55. The number of hydrogen-bond acceptors (Lipinski definition) is 5. The van der Waals surface area contributed by atoms with Crippen LogP contribution < -0.4 is 20.1 Å². The molecule has 1 saturated heterocycles. The van der Waals surface area contributed by atoms with E-state index in [0.29, 0.717) is 12.1 Å². The highest BCUT2D eigenvalue weighted by Gasteiger charge is 2.23. The first kappa shape index (κ1) is 23.3. The summed E-state index contributed by atoms with van der Waals surface area (Å²) in [6.07, 6.45) is 1.10. The van der Waals surface area contributed by atoms with Crippen molar-refractivity contribution in [3.8, 4) is 11.5 Å². The Morgan fingerprint density at radius 2 is 1.86 bits per heavy atom. The highest BCUT2D eigenvalue weighted by atomic mass is 16.5. The first-order valence-corrected chi connectivity index (χ1v) is 10.7. The molecule has 2 unspecified atom stereocenters. The molecule has 0 amide bonds. The molecule has 2 N–H and O–H groups in total. The monoisotopic (exact) mass is 405 g/mol. The number of nitrogens with zero attached hydrogens (tertiary/aromatic N) is 3. The number of methoxy groups -OCH3 is 2. The highest BCUT2D eigenvalue weighted by Crippen LogP contribution is 2.24. The SMILES string of the molecule is CCN(CC)C(C)CNC(=NC)NC1CCN(Cc2cc(OC)cc(OC)c2)C1. The molecule has 0 saturated carbocycles. The molecule has 2 rings (SSSR count). The molecule has 29 heavy (non-hydrogen) atoms. The lowest BCUT2D eigenvalue weighted by atomic mass is 10.2. The van der Waals surface area contributed by atoms with Gasteiger partial charge >= 0.3 is 0 Å². The van der Waals surface area contributed by atoms with Crippen molar-refractivity contribution in [3.05, 3.63) is 23.8 Å². The minimum absolute atomic E-state index is 0.400. The van der Waals surface area contributed by atoms with E-state index in [9.17, 15) is 0 Å². The summed E-state index contributed by atoms with van der Waals surface area (Å²) in [7, 11) is 5.22. The summed E-state index contributed by atoms with van der Waals surface area (Å²) in [6.45, 7) is 12.6. The summed E-state index contributed by atoms with van der Waals surface area (Å²) in [5.41, 5.74) is 1.21. The van der Waals surface area contributed by atoms with Crippen molar-refractivity contribution in [1.29, 1.82) is 0 Å². The molecule has 1 fully saturated rings. The molecule has 1 heterocycles. The molecule has 7 heteroatoms. The van der Waals surface area contributed by atoms with E-state index in [0.717, 1.165) is 63.1 Å².